The van der Waals surface area contributed by atoms with Gasteiger partial charge in [0.1, 0.15) is 0 Å². The average molecular weight is 388 g/mol. The van der Waals surface area contributed by atoms with E-state index in [1.54, 1.807) is 31.2 Å². The molecule has 0 radical (unpaired) electrons. The molecule has 2 aromatic carbocycles. The van der Waals surface area contributed by atoms with Gasteiger partial charge in [-0.25, -0.2) is 0 Å². The summed E-state index contributed by atoms with van der Waals surface area (Å²) in [7, 11) is 0.265. The van der Waals surface area contributed by atoms with Crippen LogP contribution in [0.15, 0.2) is 42.5 Å². The molecule has 0 saturated carbocycles. The number of halogens is 2. The molecule has 0 amide bonds. The van der Waals surface area contributed by atoms with Gasteiger partial charge in [-0.1, -0.05) is 29.3 Å². The van der Waals surface area contributed by atoms with E-state index < -0.39 is 13.2 Å². The largest absolute Gasteiger partial charge is 0.378 e. The lowest BCUT2D eigenvalue weighted by molar-refractivity contribution is 0.218. The zero-order chi connectivity index (χ0) is 17.9. The van der Waals surface area contributed by atoms with Crippen LogP contribution in [0.2, 0.25) is 10.0 Å². The number of benzene rings is 2. The molecule has 0 bridgehead atoms. The Bertz CT molecular complexity index is 750. The highest BCUT2D eigenvalue weighted by atomic mass is 35.5. The Morgan fingerprint density at radius 1 is 1.17 bits per heavy atom. The van der Waals surface area contributed by atoms with Crippen LogP contribution in [-0.2, 0) is 9.09 Å². The van der Waals surface area contributed by atoms with Gasteiger partial charge >= 0.3 is 0 Å². The van der Waals surface area contributed by atoms with E-state index in [9.17, 15) is 9.67 Å². The summed E-state index contributed by atoms with van der Waals surface area (Å²) >= 11 is 12.0. The van der Waals surface area contributed by atoms with Crippen LogP contribution < -0.4 is 10.2 Å². The molecule has 0 unspecified atom stereocenters. The smallest absolute Gasteiger partial charge is 0.264 e. The van der Waals surface area contributed by atoms with Crippen LogP contribution in [0.3, 0.4) is 0 Å². The predicted octanol–water partition coefficient (Wildman–Crippen LogP) is 4.69. The molecule has 130 valence electrons. The van der Waals surface area contributed by atoms with Crippen LogP contribution in [0, 0.1) is 0 Å². The van der Waals surface area contributed by atoms with Crippen molar-refractivity contribution in [1.82, 2.24) is 0 Å². The Kier molecular flexibility index (Phi) is 6.35. The van der Waals surface area contributed by atoms with Crippen molar-refractivity contribution >= 4 is 41.6 Å². The number of nitrogens with zero attached hydrogens (tertiary/aromatic N) is 1. The van der Waals surface area contributed by atoms with Gasteiger partial charge in [-0.3, -0.25) is 4.57 Å². The van der Waals surface area contributed by atoms with E-state index >= 15 is 0 Å². The predicted molar refractivity (Wildman–Crippen MR) is 101 cm³/mol. The molecule has 0 spiro atoms. The number of aliphatic hydroxyl groups is 1. The molecule has 7 heteroatoms. The molecule has 1 N–H and O–H groups in total. The van der Waals surface area contributed by atoms with Crippen LogP contribution in [0.4, 0.5) is 5.69 Å². The van der Waals surface area contributed by atoms with Crippen LogP contribution in [0.1, 0.15) is 18.3 Å². The van der Waals surface area contributed by atoms with Crippen molar-refractivity contribution < 1.29 is 14.2 Å². The maximum Gasteiger partial charge on any atom is 0.264 e. The number of hydrogen-bond acceptors (Lipinski definition) is 4. The van der Waals surface area contributed by atoms with Crippen LogP contribution in [0.5, 0.6) is 0 Å². The molecule has 0 aliphatic heterocycles. The second-order valence-corrected chi connectivity index (χ2v) is 8.77. The van der Waals surface area contributed by atoms with E-state index in [1.807, 2.05) is 31.1 Å². The topological polar surface area (TPSA) is 49.8 Å². The van der Waals surface area contributed by atoms with E-state index in [2.05, 4.69) is 0 Å². The molecule has 2 aromatic rings. The van der Waals surface area contributed by atoms with Crippen molar-refractivity contribution in [2.24, 2.45) is 0 Å². The Morgan fingerprint density at radius 3 is 2.29 bits per heavy atom. The van der Waals surface area contributed by atoms with E-state index in [-0.39, 0.29) is 11.6 Å². The molecule has 24 heavy (non-hydrogen) atoms. The molecule has 0 aliphatic carbocycles. The number of rotatable bonds is 6. The molecule has 0 aliphatic rings. The number of aliphatic hydroxyl groups excluding tert-OH is 1. The van der Waals surface area contributed by atoms with Gasteiger partial charge in [0.05, 0.1) is 6.61 Å². The highest BCUT2D eigenvalue weighted by molar-refractivity contribution is 7.67. The summed E-state index contributed by atoms with van der Waals surface area (Å²) in [5.74, 6) is -1.37. The van der Waals surface area contributed by atoms with Gasteiger partial charge in [0.2, 0.25) is 0 Å². The number of anilines is 1. The van der Waals surface area contributed by atoms with Crippen LogP contribution >= 0.6 is 30.6 Å². The summed E-state index contributed by atoms with van der Waals surface area (Å²) in [6, 6.07) is 11.7. The first-order chi connectivity index (χ1) is 11.3. The summed E-state index contributed by atoms with van der Waals surface area (Å²) in [6.45, 7) is 1.94. The normalized spacial score (nSPS) is 14.9. The molecule has 4 nitrogen and oxygen atoms in total. The van der Waals surface area contributed by atoms with Gasteiger partial charge in [0, 0.05) is 40.7 Å². The lowest BCUT2D eigenvalue weighted by Gasteiger charge is -2.25. The summed E-state index contributed by atoms with van der Waals surface area (Å²) < 4.78 is 19.0. The fourth-order valence-corrected chi connectivity index (χ4v) is 5.03. The van der Waals surface area contributed by atoms with Gasteiger partial charge in [-0.05, 0) is 43.3 Å². The van der Waals surface area contributed by atoms with Crippen molar-refractivity contribution in [1.29, 1.82) is 0 Å². The van der Waals surface area contributed by atoms with Crippen molar-refractivity contribution in [3.63, 3.8) is 0 Å². The molecule has 0 fully saturated rings. The summed E-state index contributed by atoms with van der Waals surface area (Å²) in [6.07, 6.45) is 0. The van der Waals surface area contributed by atoms with Crippen LogP contribution in [-0.4, -0.2) is 25.8 Å². The van der Waals surface area contributed by atoms with Crippen molar-refractivity contribution in [3.05, 3.63) is 58.1 Å². The lowest BCUT2D eigenvalue weighted by atomic mass is 10.2. The van der Waals surface area contributed by atoms with E-state index in [0.717, 1.165) is 5.69 Å². The van der Waals surface area contributed by atoms with E-state index in [0.29, 0.717) is 15.9 Å². The van der Waals surface area contributed by atoms with Crippen molar-refractivity contribution in [3.8, 4) is 0 Å². The fraction of sp³-hybridized carbons (Fsp3) is 0.294. The quantitative estimate of drug-likeness (QED) is 0.730. The van der Waals surface area contributed by atoms with Gasteiger partial charge in [0.15, 0.2) is 5.85 Å². The standard InChI is InChI=1S/C17H20Cl2NO3P/c1-4-23-24(22,14-8-6-13(7-9-14)20(2)3)17(21)15-10-5-12(18)11-16(15)19/h5-11,17,21H,4H2,1-3H3/t17-,24+/m1/s1. The van der Waals surface area contributed by atoms with Crippen molar-refractivity contribution in [2.45, 2.75) is 12.8 Å². The minimum Gasteiger partial charge on any atom is -0.378 e. The van der Waals surface area contributed by atoms with Crippen molar-refractivity contribution in [2.75, 3.05) is 25.6 Å². The third-order valence-electron chi connectivity index (χ3n) is 3.61. The number of hydrogen-bond donors (Lipinski definition) is 1. The third kappa shape index (κ3) is 3.96. The average Bonchev–Trinajstić information content (AvgIpc) is 2.54. The van der Waals surface area contributed by atoms with Gasteiger partial charge in [-0.2, -0.15) is 0 Å². The lowest BCUT2D eigenvalue weighted by Crippen LogP contribution is -2.16. The monoisotopic (exact) mass is 387 g/mol. The maximum atomic E-state index is 13.5. The first kappa shape index (κ1) is 19.3. The molecular weight excluding hydrogens is 368 g/mol. The van der Waals surface area contributed by atoms with Crippen LogP contribution in [0.25, 0.3) is 0 Å². The zero-order valence-corrected chi connectivity index (χ0v) is 16.1. The van der Waals surface area contributed by atoms with E-state index in [4.69, 9.17) is 27.7 Å². The Hall–Kier alpha value is -1.03. The summed E-state index contributed by atoms with van der Waals surface area (Å²) in [5.41, 5.74) is 1.29. The molecule has 0 aromatic heterocycles. The SMILES string of the molecule is CCO[P@@](=O)(c1ccc(N(C)C)cc1)[C@@H](O)c1ccc(Cl)cc1Cl. The second kappa shape index (κ2) is 7.90. The zero-order valence-electron chi connectivity index (χ0n) is 13.7. The Morgan fingerprint density at radius 2 is 1.79 bits per heavy atom. The molecule has 0 heterocycles. The fourth-order valence-electron chi connectivity index (χ4n) is 2.33. The summed E-state index contributed by atoms with van der Waals surface area (Å²) in [4.78, 5) is 1.93. The molecule has 2 atom stereocenters. The molecule has 0 saturated heterocycles. The highest BCUT2D eigenvalue weighted by Gasteiger charge is 2.37. The highest BCUT2D eigenvalue weighted by Crippen LogP contribution is 2.58. The first-order valence-electron chi connectivity index (χ1n) is 7.45. The minimum absolute atomic E-state index is 0.203. The summed E-state index contributed by atoms with van der Waals surface area (Å²) in [5, 5.41) is 11.9. The molecule has 2 rings (SSSR count). The maximum absolute atomic E-state index is 13.5. The second-order valence-electron chi connectivity index (χ2n) is 5.47. The van der Waals surface area contributed by atoms with E-state index in [1.165, 1.54) is 6.07 Å². The Balaban J connectivity index is 2.47. The van der Waals surface area contributed by atoms with Gasteiger partial charge < -0.3 is 14.5 Å². The third-order valence-corrected chi connectivity index (χ3v) is 6.75. The first-order valence-corrected chi connectivity index (χ1v) is 9.89. The molecular formula is C17H20Cl2NO3P. The minimum atomic E-state index is -3.57. The Labute approximate surface area is 152 Å². The van der Waals surface area contributed by atoms with Gasteiger partial charge in [-0.15, -0.1) is 0 Å². The van der Waals surface area contributed by atoms with Gasteiger partial charge in [0.25, 0.3) is 7.37 Å².